The number of hydrogen-bond acceptors (Lipinski definition) is 8. The fourth-order valence-electron chi connectivity index (χ4n) is 3.98. The molecule has 176 valence electrons. The van der Waals surface area contributed by atoms with Crippen molar-refractivity contribution in [2.45, 2.75) is 12.8 Å². The fourth-order valence-corrected chi connectivity index (χ4v) is 4.18. The minimum Gasteiger partial charge on any atom is -0.454 e. The predicted octanol–water partition coefficient (Wildman–Crippen LogP) is 4.17. The van der Waals surface area contributed by atoms with E-state index in [0.29, 0.717) is 51.8 Å². The van der Waals surface area contributed by atoms with Crippen molar-refractivity contribution >= 4 is 40.6 Å². The third-order valence-electron chi connectivity index (χ3n) is 5.69. The molecule has 0 unspecified atom stereocenters. The van der Waals surface area contributed by atoms with E-state index in [0.717, 1.165) is 19.6 Å². The highest BCUT2D eigenvalue weighted by Crippen LogP contribution is 2.44. The zero-order valence-corrected chi connectivity index (χ0v) is 19.3. The second-order valence-corrected chi connectivity index (χ2v) is 8.46. The molecule has 34 heavy (non-hydrogen) atoms. The van der Waals surface area contributed by atoms with E-state index in [1.165, 1.54) is 12.8 Å². The zero-order chi connectivity index (χ0) is 23.3. The number of amides is 1. The number of likely N-dealkylation sites (tertiary alicyclic amines) is 1. The molecule has 0 atom stereocenters. The molecule has 1 amide bonds. The Labute approximate surface area is 202 Å². The van der Waals surface area contributed by atoms with Crippen LogP contribution in [0.4, 0.5) is 23.1 Å². The Bertz CT molecular complexity index is 1190. The summed E-state index contributed by atoms with van der Waals surface area (Å²) in [7, 11) is 0. The van der Waals surface area contributed by atoms with Crippen molar-refractivity contribution in [2.75, 3.05) is 43.6 Å². The Morgan fingerprint density at radius 1 is 1.09 bits per heavy atom. The van der Waals surface area contributed by atoms with E-state index in [-0.39, 0.29) is 12.7 Å². The summed E-state index contributed by atoms with van der Waals surface area (Å²) in [4.78, 5) is 23.7. The number of halogens is 1. The highest BCUT2D eigenvalue weighted by Gasteiger charge is 2.21. The molecule has 3 heterocycles. The van der Waals surface area contributed by atoms with Crippen LogP contribution in [0.15, 0.2) is 48.7 Å². The molecule has 0 aliphatic carbocycles. The van der Waals surface area contributed by atoms with E-state index < -0.39 is 0 Å². The smallest absolute Gasteiger partial charge is 0.251 e. The van der Waals surface area contributed by atoms with Gasteiger partial charge in [-0.1, -0.05) is 17.7 Å². The molecule has 9 nitrogen and oxygen atoms in total. The van der Waals surface area contributed by atoms with E-state index in [1.54, 1.807) is 36.5 Å². The molecule has 1 aromatic heterocycles. The van der Waals surface area contributed by atoms with Crippen molar-refractivity contribution in [2.24, 2.45) is 0 Å². The zero-order valence-electron chi connectivity index (χ0n) is 18.5. The summed E-state index contributed by atoms with van der Waals surface area (Å²) in [5.74, 6) is 1.96. The summed E-state index contributed by atoms with van der Waals surface area (Å²) in [6, 6.07) is 12.5. The van der Waals surface area contributed by atoms with Crippen LogP contribution in [-0.4, -0.2) is 53.7 Å². The van der Waals surface area contributed by atoms with Crippen LogP contribution in [0, 0.1) is 0 Å². The molecule has 0 radical (unpaired) electrons. The molecule has 2 aliphatic heterocycles. The maximum Gasteiger partial charge on any atom is 0.251 e. The summed E-state index contributed by atoms with van der Waals surface area (Å²) >= 11 is 6.35. The average molecular weight is 481 g/mol. The van der Waals surface area contributed by atoms with Gasteiger partial charge < -0.3 is 30.3 Å². The number of ether oxygens (including phenoxy) is 2. The minimum atomic E-state index is -0.103. The van der Waals surface area contributed by atoms with Crippen molar-refractivity contribution in [3.8, 4) is 11.5 Å². The van der Waals surface area contributed by atoms with E-state index in [9.17, 15) is 4.79 Å². The minimum absolute atomic E-state index is 0.103. The predicted molar refractivity (Wildman–Crippen MR) is 131 cm³/mol. The first kappa shape index (κ1) is 22.2. The van der Waals surface area contributed by atoms with Crippen LogP contribution in [0.2, 0.25) is 5.02 Å². The number of anilines is 4. The summed E-state index contributed by atoms with van der Waals surface area (Å²) in [5, 5.41) is 9.81. The summed E-state index contributed by atoms with van der Waals surface area (Å²) in [6.45, 7) is 3.88. The Morgan fingerprint density at radius 3 is 2.85 bits per heavy atom. The number of rotatable bonds is 8. The van der Waals surface area contributed by atoms with Crippen LogP contribution < -0.4 is 25.4 Å². The molecule has 2 aromatic carbocycles. The van der Waals surface area contributed by atoms with Gasteiger partial charge in [0.05, 0.1) is 5.02 Å². The SMILES string of the molecule is O=C(NCCN1CCCC1)c1cccc(Nc2nccc(Nc3c(Cl)ccc4c3OCO4)n2)c1. The average Bonchev–Trinajstić information content (AvgIpc) is 3.54. The molecule has 3 N–H and O–H groups in total. The number of carbonyl (C=O) groups is 1. The Kier molecular flexibility index (Phi) is 6.64. The largest absolute Gasteiger partial charge is 0.454 e. The Hall–Kier alpha value is -3.56. The van der Waals surface area contributed by atoms with Gasteiger partial charge in [-0.2, -0.15) is 4.98 Å². The molecular weight excluding hydrogens is 456 g/mol. The fraction of sp³-hybridized carbons (Fsp3) is 0.292. The maximum absolute atomic E-state index is 12.6. The van der Waals surface area contributed by atoms with Gasteiger partial charge in [0.2, 0.25) is 12.7 Å². The molecule has 2 aliphatic rings. The molecule has 0 bridgehead atoms. The van der Waals surface area contributed by atoms with Gasteiger partial charge in [0.25, 0.3) is 5.91 Å². The van der Waals surface area contributed by atoms with Gasteiger partial charge in [-0.05, 0) is 62.3 Å². The number of aromatic nitrogens is 2. The normalized spacial score (nSPS) is 14.7. The van der Waals surface area contributed by atoms with Gasteiger partial charge in [0.1, 0.15) is 11.5 Å². The number of carbonyl (C=O) groups excluding carboxylic acids is 1. The van der Waals surface area contributed by atoms with Crippen molar-refractivity contribution < 1.29 is 14.3 Å². The van der Waals surface area contributed by atoms with Crippen LogP contribution >= 0.6 is 11.6 Å². The number of benzene rings is 2. The molecule has 10 heteroatoms. The standard InChI is InChI=1S/C24H25ClN6O3/c25-18-6-7-19-22(34-15-33-19)21(18)29-20-8-9-27-24(30-20)28-17-5-3-4-16(14-17)23(32)26-10-13-31-11-1-2-12-31/h3-9,14H,1-2,10-13,15H2,(H,26,32)(H2,27,28,29,30). The van der Waals surface area contributed by atoms with Gasteiger partial charge >= 0.3 is 0 Å². The monoisotopic (exact) mass is 480 g/mol. The number of hydrogen-bond donors (Lipinski definition) is 3. The van der Waals surface area contributed by atoms with Crippen molar-refractivity contribution in [3.05, 3.63) is 59.2 Å². The van der Waals surface area contributed by atoms with E-state index in [4.69, 9.17) is 21.1 Å². The molecule has 1 saturated heterocycles. The van der Waals surface area contributed by atoms with Crippen LogP contribution in [-0.2, 0) is 0 Å². The van der Waals surface area contributed by atoms with Gasteiger partial charge in [0, 0.05) is 30.5 Å². The van der Waals surface area contributed by atoms with Gasteiger partial charge in [-0.3, -0.25) is 4.79 Å². The van der Waals surface area contributed by atoms with Crippen LogP contribution in [0.25, 0.3) is 0 Å². The second-order valence-electron chi connectivity index (χ2n) is 8.06. The van der Waals surface area contributed by atoms with Crippen LogP contribution in [0.5, 0.6) is 11.5 Å². The maximum atomic E-state index is 12.6. The first-order chi connectivity index (χ1) is 16.7. The first-order valence-electron chi connectivity index (χ1n) is 11.2. The second kappa shape index (κ2) is 10.1. The topological polar surface area (TPSA) is 101 Å². The van der Waals surface area contributed by atoms with Gasteiger partial charge in [0.15, 0.2) is 11.5 Å². The first-order valence-corrected chi connectivity index (χ1v) is 11.6. The lowest BCUT2D eigenvalue weighted by Gasteiger charge is -2.15. The van der Waals surface area contributed by atoms with Crippen LogP contribution in [0.1, 0.15) is 23.2 Å². The van der Waals surface area contributed by atoms with E-state index >= 15 is 0 Å². The highest BCUT2D eigenvalue weighted by atomic mass is 35.5. The third-order valence-corrected chi connectivity index (χ3v) is 6.01. The summed E-state index contributed by atoms with van der Waals surface area (Å²) in [5.41, 5.74) is 1.86. The number of nitrogens with one attached hydrogen (secondary N) is 3. The van der Waals surface area contributed by atoms with Crippen molar-refractivity contribution in [3.63, 3.8) is 0 Å². The van der Waals surface area contributed by atoms with Gasteiger partial charge in [-0.25, -0.2) is 4.98 Å². The molecule has 3 aromatic rings. The number of nitrogens with zero attached hydrogens (tertiary/aromatic N) is 3. The molecule has 0 saturated carbocycles. The lowest BCUT2D eigenvalue weighted by atomic mass is 10.2. The van der Waals surface area contributed by atoms with Crippen LogP contribution in [0.3, 0.4) is 0 Å². The molecule has 1 fully saturated rings. The number of fused-ring (bicyclic) bond motifs is 1. The summed E-state index contributed by atoms with van der Waals surface area (Å²) in [6.07, 6.45) is 4.10. The lowest BCUT2D eigenvalue weighted by molar-refractivity contribution is 0.0949. The molecule has 5 rings (SSSR count). The lowest BCUT2D eigenvalue weighted by Crippen LogP contribution is -2.33. The highest BCUT2D eigenvalue weighted by molar-refractivity contribution is 6.33. The van der Waals surface area contributed by atoms with E-state index in [2.05, 4.69) is 30.8 Å². The van der Waals surface area contributed by atoms with Gasteiger partial charge in [-0.15, -0.1) is 0 Å². The summed E-state index contributed by atoms with van der Waals surface area (Å²) < 4.78 is 10.9. The Balaban J connectivity index is 1.23. The van der Waals surface area contributed by atoms with Crippen molar-refractivity contribution in [1.29, 1.82) is 0 Å². The van der Waals surface area contributed by atoms with E-state index in [1.807, 2.05) is 12.1 Å². The Morgan fingerprint density at radius 2 is 1.97 bits per heavy atom. The molecule has 0 spiro atoms. The quantitative estimate of drug-likeness (QED) is 0.441. The third kappa shape index (κ3) is 5.16. The van der Waals surface area contributed by atoms with Crippen molar-refractivity contribution in [1.82, 2.24) is 20.2 Å². The molecular formula is C24H25ClN6O3.